The van der Waals surface area contributed by atoms with E-state index in [2.05, 4.69) is 15.4 Å². The Morgan fingerprint density at radius 1 is 1.38 bits per heavy atom. The van der Waals surface area contributed by atoms with Crippen LogP contribution in [0.5, 0.6) is 0 Å². The van der Waals surface area contributed by atoms with Gasteiger partial charge in [-0.25, -0.2) is 9.67 Å². The average molecular weight is 310 g/mol. The van der Waals surface area contributed by atoms with Gasteiger partial charge in [0.2, 0.25) is 0 Å². The Labute approximate surface area is 130 Å². The summed E-state index contributed by atoms with van der Waals surface area (Å²) < 4.78 is 1.71. The molecule has 114 valence electrons. The monoisotopic (exact) mass is 309 g/mol. The summed E-state index contributed by atoms with van der Waals surface area (Å²) in [4.78, 5) is 18.1. The summed E-state index contributed by atoms with van der Waals surface area (Å²) >= 11 is 0. The van der Waals surface area contributed by atoms with Gasteiger partial charge in [0.1, 0.15) is 12.7 Å². The topological polar surface area (TPSA) is 63.1 Å². The first-order valence-electron chi connectivity index (χ1n) is 6.52. The summed E-state index contributed by atoms with van der Waals surface area (Å²) in [6.07, 6.45) is 3.13. The molecule has 2 rings (SSSR count). The van der Waals surface area contributed by atoms with E-state index in [1.165, 1.54) is 6.33 Å². The summed E-state index contributed by atoms with van der Waals surface area (Å²) in [5.74, 6) is 0.0240. The van der Waals surface area contributed by atoms with E-state index in [0.29, 0.717) is 18.7 Å². The second kappa shape index (κ2) is 8.39. The van der Waals surface area contributed by atoms with Crippen molar-refractivity contribution >= 4 is 18.3 Å². The van der Waals surface area contributed by atoms with Crippen molar-refractivity contribution in [3.05, 3.63) is 48.0 Å². The first-order chi connectivity index (χ1) is 9.72. The fourth-order valence-electron chi connectivity index (χ4n) is 1.94. The van der Waals surface area contributed by atoms with Gasteiger partial charge in [0, 0.05) is 25.7 Å². The van der Waals surface area contributed by atoms with Crippen LogP contribution in [0.4, 0.5) is 0 Å². The van der Waals surface area contributed by atoms with Crippen molar-refractivity contribution in [2.45, 2.75) is 6.54 Å². The zero-order chi connectivity index (χ0) is 14.4. The normalized spacial score (nSPS) is 10.0. The summed E-state index contributed by atoms with van der Waals surface area (Å²) in [6, 6.07) is 7.60. The molecular formula is C14H20ClN5O. The Bertz CT molecular complexity index is 558. The molecule has 21 heavy (non-hydrogen) atoms. The lowest BCUT2D eigenvalue weighted by Crippen LogP contribution is -2.33. The average Bonchev–Trinajstić information content (AvgIpc) is 2.97. The number of hydrogen-bond donors (Lipinski definition) is 1. The number of nitrogens with zero attached hydrogens (tertiary/aromatic N) is 4. The SMILES string of the molecule is CNCCN(C)C(=O)c1ccccc1Cn1cncn1.Cl. The van der Waals surface area contributed by atoms with Crippen LogP contribution in [0, 0.1) is 0 Å². The minimum Gasteiger partial charge on any atom is -0.340 e. The predicted molar refractivity (Wildman–Crippen MR) is 83.7 cm³/mol. The number of aromatic nitrogens is 3. The van der Waals surface area contributed by atoms with E-state index in [4.69, 9.17) is 0 Å². The van der Waals surface area contributed by atoms with Crippen LogP contribution >= 0.6 is 12.4 Å². The number of carbonyl (C=O) groups is 1. The largest absolute Gasteiger partial charge is 0.340 e. The van der Waals surface area contributed by atoms with E-state index in [1.807, 2.05) is 38.4 Å². The van der Waals surface area contributed by atoms with E-state index in [-0.39, 0.29) is 18.3 Å². The fraction of sp³-hybridized carbons (Fsp3) is 0.357. The smallest absolute Gasteiger partial charge is 0.253 e. The quantitative estimate of drug-likeness (QED) is 0.866. The molecule has 6 nitrogen and oxygen atoms in total. The Morgan fingerprint density at radius 3 is 2.81 bits per heavy atom. The van der Waals surface area contributed by atoms with E-state index >= 15 is 0 Å². The number of benzene rings is 1. The van der Waals surface area contributed by atoms with Gasteiger partial charge in [-0.15, -0.1) is 12.4 Å². The Morgan fingerprint density at radius 2 is 2.14 bits per heavy atom. The summed E-state index contributed by atoms with van der Waals surface area (Å²) in [6.45, 7) is 1.99. The highest BCUT2D eigenvalue weighted by atomic mass is 35.5. The molecule has 0 bridgehead atoms. The van der Waals surface area contributed by atoms with Crippen molar-refractivity contribution < 1.29 is 4.79 Å². The molecule has 0 aliphatic carbocycles. The van der Waals surface area contributed by atoms with Gasteiger partial charge in [0.05, 0.1) is 6.54 Å². The van der Waals surface area contributed by atoms with Gasteiger partial charge in [0.25, 0.3) is 5.91 Å². The number of rotatable bonds is 6. The Hall–Kier alpha value is -1.92. The first kappa shape index (κ1) is 17.1. The highest BCUT2D eigenvalue weighted by Gasteiger charge is 2.15. The molecule has 1 aromatic heterocycles. The van der Waals surface area contributed by atoms with E-state index in [9.17, 15) is 4.79 Å². The number of amides is 1. The third kappa shape index (κ3) is 4.54. The maximum atomic E-state index is 12.5. The van der Waals surface area contributed by atoms with E-state index in [0.717, 1.165) is 12.1 Å². The van der Waals surface area contributed by atoms with Crippen molar-refractivity contribution in [2.75, 3.05) is 27.2 Å². The van der Waals surface area contributed by atoms with Crippen molar-refractivity contribution in [1.82, 2.24) is 25.0 Å². The second-order valence-corrected chi connectivity index (χ2v) is 4.58. The number of likely N-dealkylation sites (N-methyl/N-ethyl adjacent to an activating group) is 2. The highest BCUT2D eigenvalue weighted by Crippen LogP contribution is 2.12. The van der Waals surface area contributed by atoms with Gasteiger partial charge in [-0.2, -0.15) is 5.10 Å². The third-order valence-electron chi connectivity index (χ3n) is 3.09. The molecule has 0 saturated carbocycles. The van der Waals surface area contributed by atoms with Gasteiger partial charge in [-0.05, 0) is 18.7 Å². The highest BCUT2D eigenvalue weighted by molar-refractivity contribution is 5.95. The van der Waals surface area contributed by atoms with Gasteiger partial charge < -0.3 is 10.2 Å². The lowest BCUT2D eigenvalue weighted by atomic mass is 10.1. The molecule has 0 fully saturated rings. The summed E-state index contributed by atoms with van der Waals surface area (Å²) in [5, 5.41) is 7.12. The van der Waals surface area contributed by atoms with Gasteiger partial charge >= 0.3 is 0 Å². The van der Waals surface area contributed by atoms with Crippen LogP contribution in [-0.2, 0) is 6.54 Å². The number of carbonyl (C=O) groups excluding carboxylic acids is 1. The Kier molecular flexibility index (Phi) is 6.84. The first-order valence-corrected chi connectivity index (χ1v) is 6.52. The molecule has 1 N–H and O–H groups in total. The standard InChI is InChI=1S/C14H19N5O.ClH/c1-15-7-8-18(2)14(20)13-6-4-3-5-12(13)9-19-11-16-10-17-19;/h3-6,10-11,15H,7-9H2,1-2H3;1H. The molecule has 7 heteroatoms. The molecule has 0 radical (unpaired) electrons. The molecule has 0 aliphatic rings. The zero-order valence-corrected chi connectivity index (χ0v) is 13.0. The maximum Gasteiger partial charge on any atom is 0.253 e. The maximum absolute atomic E-state index is 12.5. The van der Waals surface area contributed by atoms with Gasteiger partial charge in [-0.3, -0.25) is 4.79 Å². The van der Waals surface area contributed by atoms with Crippen LogP contribution < -0.4 is 5.32 Å². The Balaban J connectivity index is 0.00000220. The van der Waals surface area contributed by atoms with Gasteiger partial charge in [0.15, 0.2) is 0 Å². The molecule has 2 aromatic rings. The molecule has 0 atom stereocenters. The number of halogens is 1. The molecule has 1 amide bonds. The van der Waals surface area contributed by atoms with Crippen molar-refractivity contribution in [3.8, 4) is 0 Å². The fourth-order valence-corrected chi connectivity index (χ4v) is 1.94. The van der Waals surface area contributed by atoms with Crippen LogP contribution in [0.15, 0.2) is 36.9 Å². The van der Waals surface area contributed by atoms with Crippen molar-refractivity contribution in [2.24, 2.45) is 0 Å². The van der Waals surface area contributed by atoms with Crippen molar-refractivity contribution in [1.29, 1.82) is 0 Å². The third-order valence-corrected chi connectivity index (χ3v) is 3.09. The molecule has 0 spiro atoms. The van der Waals surface area contributed by atoms with Crippen molar-refractivity contribution in [3.63, 3.8) is 0 Å². The van der Waals surface area contributed by atoms with Crippen LogP contribution in [-0.4, -0.2) is 52.8 Å². The number of nitrogens with one attached hydrogen (secondary N) is 1. The minimum absolute atomic E-state index is 0. The minimum atomic E-state index is 0. The summed E-state index contributed by atoms with van der Waals surface area (Å²) in [7, 11) is 3.68. The number of hydrogen-bond acceptors (Lipinski definition) is 4. The van der Waals surface area contributed by atoms with Crippen LogP contribution in [0.3, 0.4) is 0 Å². The zero-order valence-electron chi connectivity index (χ0n) is 12.2. The van der Waals surface area contributed by atoms with Gasteiger partial charge in [-0.1, -0.05) is 18.2 Å². The molecule has 0 saturated heterocycles. The summed E-state index contributed by atoms with van der Waals surface area (Å²) in [5.41, 5.74) is 1.65. The molecular weight excluding hydrogens is 290 g/mol. The molecule has 1 heterocycles. The van der Waals surface area contributed by atoms with E-state index in [1.54, 1.807) is 15.9 Å². The van der Waals surface area contributed by atoms with Crippen LogP contribution in [0.2, 0.25) is 0 Å². The van der Waals surface area contributed by atoms with Crippen LogP contribution in [0.1, 0.15) is 15.9 Å². The second-order valence-electron chi connectivity index (χ2n) is 4.58. The molecule has 0 aliphatic heterocycles. The predicted octanol–water partition coefficient (Wildman–Crippen LogP) is 1.04. The lowest BCUT2D eigenvalue weighted by molar-refractivity contribution is 0.0795. The van der Waals surface area contributed by atoms with Crippen LogP contribution in [0.25, 0.3) is 0 Å². The van der Waals surface area contributed by atoms with E-state index < -0.39 is 0 Å². The molecule has 1 aromatic carbocycles. The molecule has 0 unspecified atom stereocenters. The lowest BCUT2D eigenvalue weighted by Gasteiger charge is -2.18.